The summed E-state index contributed by atoms with van der Waals surface area (Å²) in [6, 6.07) is 4.92. The monoisotopic (exact) mass is 428 g/mol. The van der Waals surface area contributed by atoms with Crippen LogP contribution in [0, 0.1) is 12.7 Å². The highest BCUT2D eigenvalue weighted by Crippen LogP contribution is 2.22. The number of aromatic nitrogens is 2. The van der Waals surface area contributed by atoms with Crippen LogP contribution in [0.4, 0.5) is 20.6 Å². The summed E-state index contributed by atoms with van der Waals surface area (Å²) in [7, 11) is 5.65. The average Bonchev–Trinajstić information content (AvgIpc) is 3.32. The number of likely N-dealkylation sites (N-methyl/N-ethyl adjacent to an activating group) is 1. The van der Waals surface area contributed by atoms with Gasteiger partial charge in [0.25, 0.3) is 5.91 Å². The molecule has 1 unspecified atom stereocenters. The summed E-state index contributed by atoms with van der Waals surface area (Å²) >= 11 is 0. The molecule has 3 amide bonds. The molecule has 0 bridgehead atoms. The number of hydrogen-bond donors (Lipinski definition) is 3. The number of nitrogens with zero attached hydrogens (tertiary/aromatic N) is 3. The summed E-state index contributed by atoms with van der Waals surface area (Å²) < 4.78 is 21.0. The Morgan fingerprint density at radius 1 is 1.26 bits per heavy atom. The van der Waals surface area contributed by atoms with Gasteiger partial charge in [-0.25, -0.2) is 9.18 Å². The zero-order valence-corrected chi connectivity index (χ0v) is 17.8. The van der Waals surface area contributed by atoms with Crippen molar-refractivity contribution < 1.29 is 18.4 Å². The van der Waals surface area contributed by atoms with Gasteiger partial charge >= 0.3 is 6.03 Å². The van der Waals surface area contributed by atoms with E-state index in [-0.39, 0.29) is 11.7 Å². The molecule has 0 radical (unpaired) electrons. The van der Waals surface area contributed by atoms with E-state index in [9.17, 15) is 14.0 Å². The van der Waals surface area contributed by atoms with Gasteiger partial charge in [0.05, 0.1) is 29.8 Å². The van der Waals surface area contributed by atoms with Crippen LogP contribution in [0.5, 0.6) is 0 Å². The molecular formula is C21H25FN6O3. The first-order valence-electron chi connectivity index (χ1n) is 9.59. The second kappa shape index (κ2) is 9.43. The van der Waals surface area contributed by atoms with Crippen LogP contribution in [0.3, 0.4) is 0 Å². The minimum Gasteiger partial charge on any atom is -0.469 e. The summed E-state index contributed by atoms with van der Waals surface area (Å²) in [6.45, 7) is 1.98. The van der Waals surface area contributed by atoms with Crippen molar-refractivity contribution in [3.05, 3.63) is 65.6 Å². The molecule has 9 nitrogen and oxygen atoms in total. The Hall–Kier alpha value is -3.66. The molecule has 1 aromatic carbocycles. The van der Waals surface area contributed by atoms with Gasteiger partial charge in [-0.05, 0) is 45.3 Å². The summed E-state index contributed by atoms with van der Waals surface area (Å²) in [5, 5.41) is 12.1. The van der Waals surface area contributed by atoms with E-state index in [4.69, 9.17) is 4.42 Å². The molecule has 0 saturated heterocycles. The highest BCUT2D eigenvalue weighted by atomic mass is 19.1. The first kappa shape index (κ1) is 22.0. The Labute approximate surface area is 179 Å². The van der Waals surface area contributed by atoms with Gasteiger partial charge in [0.15, 0.2) is 0 Å². The second-order valence-corrected chi connectivity index (χ2v) is 7.30. The van der Waals surface area contributed by atoms with Crippen LogP contribution in [0.25, 0.3) is 0 Å². The van der Waals surface area contributed by atoms with Gasteiger partial charge in [0.1, 0.15) is 11.6 Å². The molecule has 3 aromatic rings. The molecule has 3 N–H and O–H groups in total. The lowest BCUT2D eigenvalue weighted by atomic mass is 10.1. The zero-order chi connectivity index (χ0) is 22.5. The number of benzene rings is 1. The molecule has 164 valence electrons. The standard InChI is InChI=1S/C21H25FN6O3/c1-13-16(7-8-31-13)20(29)26-18-9-15(5-6-17(18)22)25-21(30)23-11-19(27(2)3)14-10-24-28(4)12-14/h5-10,12,19H,11H2,1-4H3,(H,26,29)(H2,23,25,30). The van der Waals surface area contributed by atoms with Crippen LogP contribution in [-0.4, -0.2) is 47.3 Å². The highest BCUT2D eigenvalue weighted by Gasteiger charge is 2.18. The van der Waals surface area contributed by atoms with E-state index in [0.29, 0.717) is 23.6 Å². The lowest BCUT2D eigenvalue weighted by molar-refractivity contribution is 0.102. The van der Waals surface area contributed by atoms with Crippen LogP contribution in [0.2, 0.25) is 0 Å². The Kier molecular flexibility index (Phi) is 6.71. The van der Waals surface area contributed by atoms with Crippen molar-refractivity contribution in [3.8, 4) is 0 Å². The first-order valence-corrected chi connectivity index (χ1v) is 9.59. The number of amides is 3. The van der Waals surface area contributed by atoms with E-state index in [1.54, 1.807) is 17.8 Å². The van der Waals surface area contributed by atoms with Gasteiger partial charge in [-0.15, -0.1) is 0 Å². The quantitative estimate of drug-likeness (QED) is 0.536. The zero-order valence-electron chi connectivity index (χ0n) is 17.8. The number of anilines is 2. The number of nitrogens with one attached hydrogen (secondary N) is 3. The van der Waals surface area contributed by atoms with Crippen LogP contribution < -0.4 is 16.0 Å². The number of furan rings is 1. The van der Waals surface area contributed by atoms with Crippen molar-refractivity contribution in [2.45, 2.75) is 13.0 Å². The third kappa shape index (κ3) is 5.48. The molecule has 0 aliphatic rings. The molecule has 2 heterocycles. The smallest absolute Gasteiger partial charge is 0.319 e. The van der Waals surface area contributed by atoms with Crippen molar-refractivity contribution in [2.75, 3.05) is 31.3 Å². The Bertz CT molecular complexity index is 1070. The molecular weight excluding hydrogens is 403 g/mol. The minimum atomic E-state index is -0.621. The van der Waals surface area contributed by atoms with Crippen molar-refractivity contribution in [3.63, 3.8) is 0 Å². The first-order chi connectivity index (χ1) is 14.7. The van der Waals surface area contributed by atoms with E-state index in [2.05, 4.69) is 21.0 Å². The van der Waals surface area contributed by atoms with E-state index in [0.717, 1.165) is 5.56 Å². The fourth-order valence-electron chi connectivity index (χ4n) is 3.08. The SMILES string of the molecule is Cc1occc1C(=O)Nc1cc(NC(=O)NCC(c2cnn(C)c2)N(C)C)ccc1F. The molecule has 3 rings (SSSR count). The van der Waals surface area contributed by atoms with Crippen molar-refractivity contribution in [2.24, 2.45) is 7.05 Å². The fourth-order valence-corrected chi connectivity index (χ4v) is 3.08. The minimum absolute atomic E-state index is 0.0510. The Morgan fingerprint density at radius 3 is 2.65 bits per heavy atom. The summed E-state index contributed by atoms with van der Waals surface area (Å²) in [5.41, 5.74) is 1.56. The average molecular weight is 428 g/mol. The topological polar surface area (TPSA) is 104 Å². The summed E-state index contributed by atoms with van der Waals surface area (Å²) in [5.74, 6) is -0.697. The molecule has 0 fully saturated rings. The lowest BCUT2D eigenvalue weighted by Gasteiger charge is -2.23. The van der Waals surface area contributed by atoms with Crippen molar-refractivity contribution >= 4 is 23.3 Å². The third-order valence-corrected chi connectivity index (χ3v) is 4.76. The molecule has 0 spiro atoms. The number of aryl methyl sites for hydroxylation is 2. The van der Waals surface area contributed by atoms with Crippen LogP contribution in [0.1, 0.15) is 27.7 Å². The molecule has 1 atom stereocenters. The van der Waals surface area contributed by atoms with E-state index in [1.165, 1.54) is 30.5 Å². The summed E-state index contributed by atoms with van der Waals surface area (Å²) in [4.78, 5) is 26.7. The third-order valence-electron chi connectivity index (χ3n) is 4.76. The second-order valence-electron chi connectivity index (χ2n) is 7.30. The lowest BCUT2D eigenvalue weighted by Crippen LogP contribution is -2.36. The van der Waals surface area contributed by atoms with Gasteiger partial charge in [0, 0.05) is 31.0 Å². The number of rotatable bonds is 7. The molecule has 0 aliphatic carbocycles. The number of carbonyl (C=O) groups is 2. The predicted molar refractivity (Wildman–Crippen MR) is 114 cm³/mol. The normalized spacial score (nSPS) is 11.9. The van der Waals surface area contributed by atoms with E-state index in [1.807, 2.05) is 32.2 Å². The summed E-state index contributed by atoms with van der Waals surface area (Å²) in [6.07, 6.45) is 5.03. The van der Waals surface area contributed by atoms with E-state index >= 15 is 0 Å². The highest BCUT2D eigenvalue weighted by molar-refractivity contribution is 6.05. The van der Waals surface area contributed by atoms with Gasteiger partial charge in [-0.1, -0.05) is 0 Å². The molecule has 10 heteroatoms. The van der Waals surface area contributed by atoms with Gasteiger partial charge in [-0.2, -0.15) is 5.10 Å². The number of urea groups is 1. The van der Waals surface area contributed by atoms with Gasteiger partial charge in [0.2, 0.25) is 0 Å². The number of halogens is 1. The largest absolute Gasteiger partial charge is 0.469 e. The molecule has 31 heavy (non-hydrogen) atoms. The Morgan fingerprint density at radius 2 is 2.03 bits per heavy atom. The fraction of sp³-hybridized carbons (Fsp3) is 0.286. The van der Waals surface area contributed by atoms with E-state index < -0.39 is 17.8 Å². The molecule has 0 saturated carbocycles. The molecule has 0 aliphatic heterocycles. The van der Waals surface area contributed by atoms with Gasteiger partial charge in [-0.3, -0.25) is 9.48 Å². The van der Waals surface area contributed by atoms with Gasteiger partial charge < -0.3 is 25.3 Å². The van der Waals surface area contributed by atoms with Crippen LogP contribution in [-0.2, 0) is 7.05 Å². The Balaban J connectivity index is 1.63. The maximum Gasteiger partial charge on any atom is 0.319 e. The maximum atomic E-state index is 14.2. The molecule has 2 aromatic heterocycles. The maximum absolute atomic E-state index is 14.2. The van der Waals surface area contributed by atoms with Crippen LogP contribution in [0.15, 0.2) is 47.3 Å². The number of hydrogen-bond acceptors (Lipinski definition) is 5. The van der Waals surface area contributed by atoms with Crippen LogP contribution >= 0.6 is 0 Å². The van der Waals surface area contributed by atoms with Crippen molar-refractivity contribution in [1.29, 1.82) is 0 Å². The predicted octanol–water partition coefficient (Wildman–Crippen LogP) is 3.14. The number of carbonyl (C=O) groups excluding carboxylic acids is 2. The van der Waals surface area contributed by atoms with Crippen molar-refractivity contribution in [1.82, 2.24) is 20.0 Å².